The van der Waals surface area contributed by atoms with Crippen LogP contribution in [0.3, 0.4) is 0 Å². The molecule has 0 saturated heterocycles. The smallest absolute Gasteiger partial charge is 0.00559 e. The second kappa shape index (κ2) is 7.07. The van der Waals surface area contributed by atoms with Crippen molar-refractivity contribution in [2.75, 3.05) is 0 Å². The van der Waals surface area contributed by atoms with Gasteiger partial charge in [0.1, 0.15) is 0 Å². The lowest BCUT2D eigenvalue weighted by Crippen LogP contribution is -1.88. The molecule has 0 aliphatic carbocycles. The highest BCUT2D eigenvalue weighted by atomic mass is 14.0. The molecule has 0 heterocycles. The molecule has 0 fully saturated rings. The van der Waals surface area contributed by atoms with E-state index in [4.69, 9.17) is 0 Å². The summed E-state index contributed by atoms with van der Waals surface area (Å²) in [5.41, 5.74) is 0. The molecule has 0 aliphatic heterocycles. The van der Waals surface area contributed by atoms with E-state index in [1.165, 1.54) is 0 Å². The molecule has 0 nitrogen and oxygen atoms in total. The van der Waals surface area contributed by atoms with Crippen LogP contribution in [0.1, 0.15) is 12.8 Å². The van der Waals surface area contributed by atoms with Crippen molar-refractivity contribution in [3.8, 4) is 0 Å². The average Bonchev–Trinajstić information content (AvgIpc) is 2.05. The summed E-state index contributed by atoms with van der Waals surface area (Å²) < 4.78 is 0. The zero-order valence-corrected chi connectivity index (χ0v) is 7.00. The third-order valence-electron chi connectivity index (χ3n) is 1.54. The van der Waals surface area contributed by atoms with Crippen molar-refractivity contribution in [2.45, 2.75) is 12.8 Å². The van der Waals surface area contributed by atoms with E-state index in [-0.39, 0.29) is 0 Å². The van der Waals surface area contributed by atoms with Crippen LogP contribution in [0, 0.1) is 5.92 Å². The molecule has 0 amide bonds. The molecule has 0 rings (SSSR count). The fourth-order valence-corrected chi connectivity index (χ4v) is 0.813. The molecule has 0 spiro atoms. The minimum atomic E-state index is 0.449. The summed E-state index contributed by atoms with van der Waals surface area (Å²) in [4.78, 5) is 0. The van der Waals surface area contributed by atoms with Crippen LogP contribution >= 0.6 is 0 Å². The van der Waals surface area contributed by atoms with E-state index in [1.807, 2.05) is 18.2 Å². The minimum absolute atomic E-state index is 0.449. The van der Waals surface area contributed by atoms with Gasteiger partial charge in [-0.1, -0.05) is 37.0 Å². The first kappa shape index (κ1) is 9.96. The van der Waals surface area contributed by atoms with Gasteiger partial charge in [0.25, 0.3) is 0 Å². The Labute approximate surface area is 69.6 Å². The fourth-order valence-electron chi connectivity index (χ4n) is 0.813. The summed E-state index contributed by atoms with van der Waals surface area (Å²) >= 11 is 0. The number of rotatable bonds is 6. The van der Waals surface area contributed by atoms with Crippen molar-refractivity contribution in [3.05, 3.63) is 50.1 Å². The highest BCUT2D eigenvalue weighted by Gasteiger charge is 1.94. The van der Waals surface area contributed by atoms with Gasteiger partial charge in [0.2, 0.25) is 0 Å². The van der Waals surface area contributed by atoms with Gasteiger partial charge in [-0.2, -0.15) is 0 Å². The maximum atomic E-state index is 3.72. The molecule has 0 aliphatic rings. The van der Waals surface area contributed by atoms with E-state index in [1.54, 1.807) is 6.08 Å². The zero-order valence-electron chi connectivity index (χ0n) is 7.00. The summed E-state index contributed by atoms with van der Waals surface area (Å²) in [5, 5.41) is 0. The quantitative estimate of drug-likeness (QED) is 0.399. The van der Waals surface area contributed by atoms with Crippen LogP contribution in [-0.4, -0.2) is 0 Å². The molecule has 11 heavy (non-hydrogen) atoms. The van der Waals surface area contributed by atoms with Crippen molar-refractivity contribution < 1.29 is 0 Å². The lowest BCUT2D eigenvalue weighted by molar-refractivity contribution is 0.725. The first-order valence-electron chi connectivity index (χ1n) is 3.87. The lowest BCUT2D eigenvalue weighted by Gasteiger charge is -2.01. The molecule has 0 heteroatoms. The average molecular weight is 148 g/mol. The maximum absolute atomic E-state index is 3.72. The fraction of sp³-hybridized carbons (Fsp3) is 0.273. The molecular formula is C11H16. The monoisotopic (exact) mass is 148 g/mol. The molecule has 60 valence electrons. The van der Waals surface area contributed by atoms with E-state index < -0.39 is 0 Å². The van der Waals surface area contributed by atoms with Gasteiger partial charge in [-0.3, -0.25) is 0 Å². The zero-order chi connectivity index (χ0) is 8.53. The van der Waals surface area contributed by atoms with Crippen molar-refractivity contribution in [2.24, 2.45) is 5.92 Å². The van der Waals surface area contributed by atoms with Gasteiger partial charge in [0.15, 0.2) is 0 Å². The highest BCUT2D eigenvalue weighted by molar-refractivity contribution is 4.99. The predicted octanol–water partition coefficient (Wildman–Crippen LogP) is 3.50. The molecular weight excluding hydrogens is 132 g/mol. The van der Waals surface area contributed by atoms with Crippen LogP contribution in [0.4, 0.5) is 0 Å². The SMILES string of the molecule is C=C/C=C/CCC(C=C)C=C. The molecule has 0 bridgehead atoms. The number of hydrogen-bond acceptors (Lipinski definition) is 0. The van der Waals surface area contributed by atoms with Crippen LogP contribution in [0.15, 0.2) is 50.1 Å². The molecule has 0 aromatic carbocycles. The Morgan fingerprint density at radius 2 is 1.73 bits per heavy atom. The molecule has 0 aromatic heterocycles. The van der Waals surface area contributed by atoms with E-state index in [9.17, 15) is 0 Å². The first-order valence-corrected chi connectivity index (χ1v) is 3.87. The van der Waals surface area contributed by atoms with Crippen molar-refractivity contribution in [3.63, 3.8) is 0 Å². The van der Waals surface area contributed by atoms with Gasteiger partial charge in [-0.05, 0) is 18.8 Å². The molecule has 0 unspecified atom stereocenters. The summed E-state index contributed by atoms with van der Waals surface area (Å²) in [6.07, 6.45) is 11.9. The third-order valence-corrected chi connectivity index (χ3v) is 1.54. The normalized spacial score (nSPS) is 10.3. The van der Waals surface area contributed by atoms with Gasteiger partial charge in [-0.25, -0.2) is 0 Å². The Bertz CT molecular complexity index is 143. The molecule has 0 saturated carbocycles. The van der Waals surface area contributed by atoms with Gasteiger partial charge >= 0.3 is 0 Å². The Morgan fingerprint density at radius 1 is 1.09 bits per heavy atom. The standard InChI is InChI=1S/C11H16/c1-4-7-8-9-10-11(5-2)6-3/h4-8,11H,1-3,9-10H2/b8-7+. The van der Waals surface area contributed by atoms with E-state index in [0.29, 0.717) is 5.92 Å². The molecule has 0 aromatic rings. The summed E-state index contributed by atoms with van der Waals surface area (Å²) in [5.74, 6) is 0.449. The number of allylic oxidation sites excluding steroid dienone is 5. The van der Waals surface area contributed by atoms with Crippen LogP contribution in [0.2, 0.25) is 0 Å². The molecule has 0 N–H and O–H groups in total. The van der Waals surface area contributed by atoms with Crippen molar-refractivity contribution in [1.82, 2.24) is 0 Å². The minimum Gasteiger partial charge on any atom is -0.102 e. The van der Waals surface area contributed by atoms with Crippen molar-refractivity contribution >= 4 is 0 Å². The lowest BCUT2D eigenvalue weighted by atomic mass is 10.0. The first-order chi connectivity index (χ1) is 5.35. The summed E-state index contributed by atoms with van der Waals surface area (Å²) in [6.45, 7) is 11.0. The third kappa shape index (κ3) is 5.41. The largest absolute Gasteiger partial charge is 0.102 e. The van der Waals surface area contributed by atoms with Gasteiger partial charge < -0.3 is 0 Å². The van der Waals surface area contributed by atoms with Crippen LogP contribution < -0.4 is 0 Å². The van der Waals surface area contributed by atoms with E-state index >= 15 is 0 Å². The van der Waals surface area contributed by atoms with Crippen LogP contribution in [0.25, 0.3) is 0 Å². The van der Waals surface area contributed by atoms with Crippen LogP contribution in [-0.2, 0) is 0 Å². The van der Waals surface area contributed by atoms with Gasteiger partial charge in [0.05, 0.1) is 0 Å². The molecule has 0 atom stereocenters. The van der Waals surface area contributed by atoms with E-state index in [0.717, 1.165) is 12.8 Å². The maximum Gasteiger partial charge on any atom is -0.00559 e. The van der Waals surface area contributed by atoms with E-state index in [2.05, 4.69) is 25.8 Å². The molecule has 0 radical (unpaired) electrons. The summed E-state index contributed by atoms with van der Waals surface area (Å²) in [6, 6.07) is 0. The number of hydrogen-bond donors (Lipinski definition) is 0. The second-order valence-corrected chi connectivity index (χ2v) is 2.38. The Morgan fingerprint density at radius 3 is 2.18 bits per heavy atom. The Hall–Kier alpha value is -1.04. The Kier molecular flexibility index (Phi) is 6.40. The van der Waals surface area contributed by atoms with Crippen molar-refractivity contribution in [1.29, 1.82) is 0 Å². The highest BCUT2D eigenvalue weighted by Crippen LogP contribution is 2.08. The predicted molar refractivity (Wildman–Crippen MR) is 52.5 cm³/mol. The van der Waals surface area contributed by atoms with Gasteiger partial charge in [0, 0.05) is 0 Å². The van der Waals surface area contributed by atoms with Crippen LogP contribution in [0.5, 0.6) is 0 Å². The topological polar surface area (TPSA) is 0 Å². The summed E-state index contributed by atoms with van der Waals surface area (Å²) in [7, 11) is 0. The van der Waals surface area contributed by atoms with Gasteiger partial charge in [-0.15, -0.1) is 13.2 Å². The second-order valence-electron chi connectivity index (χ2n) is 2.38. The Balaban J connectivity index is 3.50.